The standard InChI is InChI=1S/C32H22O2/c1-33-31-22-23-32(34-2)30(24-31)21-20-29-15-9-8-14-28(29)19-18-27-13-7-6-12-26(27)17-16-25-10-4-3-5-11-25/h3-15,22-24H,1-2H3. The molecule has 4 rings (SSSR count). The van der Waals surface area contributed by atoms with Gasteiger partial charge in [-0.25, -0.2) is 0 Å². The van der Waals surface area contributed by atoms with Crippen molar-refractivity contribution >= 4 is 0 Å². The minimum absolute atomic E-state index is 0.697. The third-order valence-corrected chi connectivity index (χ3v) is 5.04. The van der Waals surface area contributed by atoms with E-state index in [9.17, 15) is 0 Å². The van der Waals surface area contributed by atoms with E-state index in [0.29, 0.717) is 5.75 Å². The summed E-state index contributed by atoms with van der Waals surface area (Å²) >= 11 is 0. The maximum atomic E-state index is 5.44. The van der Waals surface area contributed by atoms with E-state index in [4.69, 9.17) is 9.47 Å². The molecule has 0 atom stereocenters. The van der Waals surface area contributed by atoms with E-state index in [-0.39, 0.29) is 0 Å². The molecule has 0 heterocycles. The fourth-order valence-electron chi connectivity index (χ4n) is 3.24. The van der Waals surface area contributed by atoms with Crippen LogP contribution in [0.2, 0.25) is 0 Å². The van der Waals surface area contributed by atoms with Crippen molar-refractivity contribution in [1.82, 2.24) is 0 Å². The van der Waals surface area contributed by atoms with Gasteiger partial charge in [0.1, 0.15) is 11.5 Å². The predicted octanol–water partition coefficient (Wildman–Crippen LogP) is 5.90. The molecular weight excluding hydrogens is 416 g/mol. The van der Waals surface area contributed by atoms with Crippen LogP contribution in [0.1, 0.15) is 33.4 Å². The van der Waals surface area contributed by atoms with Gasteiger partial charge in [0.15, 0.2) is 0 Å². The van der Waals surface area contributed by atoms with Crippen molar-refractivity contribution in [3.63, 3.8) is 0 Å². The molecule has 2 nitrogen and oxygen atoms in total. The van der Waals surface area contributed by atoms with Crippen LogP contribution in [0.4, 0.5) is 0 Å². The quantitative estimate of drug-likeness (QED) is 0.363. The molecule has 0 aliphatic rings. The van der Waals surface area contributed by atoms with Gasteiger partial charge in [0.2, 0.25) is 0 Å². The lowest BCUT2D eigenvalue weighted by molar-refractivity contribution is 0.402. The Hall–Kier alpha value is -4.84. The van der Waals surface area contributed by atoms with Crippen LogP contribution in [0.15, 0.2) is 97.1 Å². The SMILES string of the molecule is COc1ccc(OC)c(C#Cc2ccccc2C#Cc2ccccc2C#Cc2ccccc2)c1. The summed E-state index contributed by atoms with van der Waals surface area (Å²) in [6, 6.07) is 31.3. The zero-order chi connectivity index (χ0) is 23.6. The topological polar surface area (TPSA) is 18.5 Å². The second kappa shape index (κ2) is 11.2. The van der Waals surface area contributed by atoms with Crippen molar-refractivity contribution in [2.45, 2.75) is 0 Å². The van der Waals surface area contributed by atoms with E-state index in [0.717, 1.165) is 39.1 Å². The van der Waals surface area contributed by atoms with Crippen LogP contribution < -0.4 is 9.47 Å². The molecule has 0 N–H and O–H groups in total. The molecule has 0 unspecified atom stereocenters. The van der Waals surface area contributed by atoms with Crippen molar-refractivity contribution in [2.75, 3.05) is 14.2 Å². The van der Waals surface area contributed by atoms with E-state index in [1.807, 2.05) is 97.1 Å². The summed E-state index contributed by atoms with van der Waals surface area (Å²) in [6.45, 7) is 0. The average molecular weight is 439 g/mol. The highest BCUT2D eigenvalue weighted by Crippen LogP contribution is 2.23. The number of hydrogen-bond acceptors (Lipinski definition) is 2. The lowest BCUT2D eigenvalue weighted by Gasteiger charge is -2.05. The number of benzene rings is 4. The maximum Gasteiger partial charge on any atom is 0.134 e. The van der Waals surface area contributed by atoms with E-state index >= 15 is 0 Å². The largest absolute Gasteiger partial charge is 0.497 e. The Morgan fingerprint density at radius 1 is 0.441 bits per heavy atom. The number of ether oxygens (including phenoxy) is 2. The average Bonchev–Trinajstić information content (AvgIpc) is 2.90. The highest BCUT2D eigenvalue weighted by Gasteiger charge is 2.03. The molecule has 34 heavy (non-hydrogen) atoms. The zero-order valence-corrected chi connectivity index (χ0v) is 19.1. The Kier molecular flexibility index (Phi) is 7.33. The summed E-state index contributed by atoms with van der Waals surface area (Å²) in [4.78, 5) is 0. The molecule has 2 heteroatoms. The van der Waals surface area contributed by atoms with Gasteiger partial charge in [-0.1, -0.05) is 78.0 Å². The minimum Gasteiger partial charge on any atom is -0.497 e. The Morgan fingerprint density at radius 3 is 1.41 bits per heavy atom. The van der Waals surface area contributed by atoms with Crippen LogP contribution in [0, 0.1) is 35.5 Å². The molecule has 0 saturated heterocycles. The zero-order valence-electron chi connectivity index (χ0n) is 19.1. The first-order valence-corrected chi connectivity index (χ1v) is 10.8. The molecule has 0 bridgehead atoms. The van der Waals surface area contributed by atoms with Crippen molar-refractivity contribution in [2.24, 2.45) is 0 Å². The first kappa shape index (κ1) is 22.4. The maximum absolute atomic E-state index is 5.44. The van der Waals surface area contributed by atoms with Gasteiger partial charge in [0, 0.05) is 27.8 Å². The van der Waals surface area contributed by atoms with Gasteiger partial charge in [-0.2, -0.15) is 0 Å². The molecule has 0 fully saturated rings. The fraction of sp³-hybridized carbons (Fsp3) is 0.0625. The lowest BCUT2D eigenvalue weighted by Crippen LogP contribution is -1.90. The van der Waals surface area contributed by atoms with E-state index in [2.05, 4.69) is 35.5 Å². The van der Waals surface area contributed by atoms with Gasteiger partial charge in [-0.15, -0.1) is 0 Å². The smallest absolute Gasteiger partial charge is 0.134 e. The first-order chi connectivity index (χ1) is 16.8. The second-order valence-corrected chi connectivity index (χ2v) is 7.27. The van der Waals surface area contributed by atoms with E-state index in [1.54, 1.807) is 14.2 Å². The predicted molar refractivity (Wildman–Crippen MR) is 137 cm³/mol. The van der Waals surface area contributed by atoms with Gasteiger partial charge in [-0.05, 0) is 54.6 Å². The van der Waals surface area contributed by atoms with Crippen LogP contribution >= 0.6 is 0 Å². The summed E-state index contributed by atoms with van der Waals surface area (Å²) in [7, 11) is 3.26. The fourth-order valence-corrected chi connectivity index (χ4v) is 3.24. The molecule has 0 radical (unpaired) electrons. The number of hydrogen-bond donors (Lipinski definition) is 0. The van der Waals surface area contributed by atoms with Gasteiger partial charge in [-0.3, -0.25) is 0 Å². The highest BCUT2D eigenvalue weighted by atomic mass is 16.5. The van der Waals surface area contributed by atoms with Crippen LogP contribution in [-0.2, 0) is 0 Å². The number of rotatable bonds is 2. The van der Waals surface area contributed by atoms with Crippen molar-refractivity contribution in [1.29, 1.82) is 0 Å². The van der Waals surface area contributed by atoms with Crippen LogP contribution in [0.3, 0.4) is 0 Å². The number of methoxy groups -OCH3 is 2. The summed E-state index contributed by atoms with van der Waals surface area (Å²) < 4.78 is 10.8. The van der Waals surface area contributed by atoms with Crippen molar-refractivity contribution < 1.29 is 9.47 Å². The summed E-state index contributed by atoms with van der Waals surface area (Å²) in [5.41, 5.74) is 5.19. The third kappa shape index (κ3) is 5.69. The Morgan fingerprint density at radius 2 is 0.912 bits per heavy atom. The van der Waals surface area contributed by atoms with E-state index < -0.39 is 0 Å². The first-order valence-electron chi connectivity index (χ1n) is 10.8. The normalized spacial score (nSPS) is 9.35. The molecule has 4 aromatic rings. The summed E-state index contributed by atoms with van der Waals surface area (Å²) in [5, 5.41) is 0. The monoisotopic (exact) mass is 438 g/mol. The minimum atomic E-state index is 0.697. The third-order valence-electron chi connectivity index (χ3n) is 5.04. The summed E-state index contributed by atoms with van der Waals surface area (Å²) in [6.07, 6.45) is 0. The van der Waals surface area contributed by atoms with Gasteiger partial charge >= 0.3 is 0 Å². The van der Waals surface area contributed by atoms with Crippen molar-refractivity contribution in [3.8, 4) is 47.0 Å². The van der Waals surface area contributed by atoms with Crippen LogP contribution in [-0.4, -0.2) is 14.2 Å². The second-order valence-electron chi connectivity index (χ2n) is 7.27. The molecule has 0 amide bonds. The van der Waals surface area contributed by atoms with Crippen LogP contribution in [0.5, 0.6) is 11.5 Å². The molecule has 0 aromatic heterocycles. The molecule has 162 valence electrons. The van der Waals surface area contributed by atoms with Gasteiger partial charge < -0.3 is 9.47 Å². The van der Waals surface area contributed by atoms with E-state index in [1.165, 1.54) is 0 Å². The lowest BCUT2D eigenvalue weighted by atomic mass is 10.0. The molecule has 0 aliphatic carbocycles. The molecule has 4 aromatic carbocycles. The molecular formula is C32H22O2. The van der Waals surface area contributed by atoms with Crippen molar-refractivity contribution in [3.05, 3.63) is 130 Å². The summed E-state index contributed by atoms with van der Waals surface area (Å²) in [5.74, 6) is 20.9. The molecule has 0 saturated carbocycles. The Balaban J connectivity index is 1.67. The van der Waals surface area contributed by atoms with Gasteiger partial charge in [0.25, 0.3) is 0 Å². The molecule has 0 spiro atoms. The van der Waals surface area contributed by atoms with Crippen LogP contribution in [0.25, 0.3) is 0 Å². The molecule has 0 aliphatic heterocycles. The highest BCUT2D eigenvalue weighted by molar-refractivity contribution is 5.59. The Labute approximate surface area is 201 Å². The Bertz CT molecular complexity index is 1480. The van der Waals surface area contributed by atoms with Gasteiger partial charge in [0.05, 0.1) is 19.8 Å².